The molecule has 0 atom stereocenters. The smallest absolute Gasteiger partial charge is 0.255 e. The van der Waals surface area contributed by atoms with E-state index >= 15 is 0 Å². The highest BCUT2D eigenvalue weighted by atomic mass is 79.9. The molecule has 0 heterocycles. The zero-order valence-corrected chi connectivity index (χ0v) is 11.4. The highest BCUT2D eigenvalue weighted by molar-refractivity contribution is 9.10. The van der Waals surface area contributed by atoms with Crippen molar-refractivity contribution in [3.05, 3.63) is 58.1 Å². The predicted molar refractivity (Wildman–Crippen MR) is 74.9 cm³/mol. The van der Waals surface area contributed by atoms with E-state index in [1.165, 1.54) is 0 Å². The highest BCUT2D eigenvalue weighted by Gasteiger charge is 2.11. The third-order valence-electron chi connectivity index (χ3n) is 2.59. The van der Waals surface area contributed by atoms with Crippen molar-refractivity contribution in [1.29, 1.82) is 0 Å². The van der Waals surface area contributed by atoms with Gasteiger partial charge in [-0.2, -0.15) is 0 Å². The average molecular weight is 306 g/mol. The molecule has 0 aliphatic heterocycles. The van der Waals surface area contributed by atoms with Gasteiger partial charge in [-0.15, -0.1) is 0 Å². The standard InChI is InChI=1S/C14H12BrNO2/c1-9-7-8-11(13(17)12(9)15)16-14(18)10-5-3-2-4-6-10/h2-8,17H,1H3,(H,16,18). The van der Waals surface area contributed by atoms with Crippen LogP contribution >= 0.6 is 15.9 Å². The second-order valence-corrected chi connectivity index (χ2v) is 4.71. The van der Waals surface area contributed by atoms with Gasteiger partial charge in [0, 0.05) is 5.56 Å². The molecule has 0 saturated heterocycles. The number of halogens is 1. The average Bonchev–Trinajstić information content (AvgIpc) is 2.40. The quantitative estimate of drug-likeness (QED) is 0.831. The van der Waals surface area contributed by atoms with Crippen LogP contribution in [0.15, 0.2) is 46.9 Å². The topological polar surface area (TPSA) is 49.3 Å². The molecule has 0 aliphatic rings. The fraction of sp³-hybridized carbons (Fsp3) is 0.0714. The minimum absolute atomic E-state index is 0.0410. The molecule has 18 heavy (non-hydrogen) atoms. The van der Waals surface area contributed by atoms with Gasteiger partial charge in [-0.25, -0.2) is 0 Å². The van der Waals surface area contributed by atoms with Gasteiger partial charge in [-0.05, 0) is 46.6 Å². The molecule has 0 unspecified atom stereocenters. The molecule has 0 bridgehead atoms. The van der Waals surface area contributed by atoms with Crippen molar-refractivity contribution in [2.24, 2.45) is 0 Å². The van der Waals surface area contributed by atoms with Crippen LogP contribution in [0.4, 0.5) is 5.69 Å². The van der Waals surface area contributed by atoms with Crippen LogP contribution in [0.1, 0.15) is 15.9 Å². The van der Waals surface area contributed by atoms with Gasteiger partial charge in [0.05, 0.1) is 10.2 Å². The van der Waals surface area contributed by atoms with E-state index in [4.69, 9.17) is 0 Å². The summed E-state index contributed by atoms with van der Waals surface area (Å²) in [5, 5.41) is 12.6. The number of aromatic hydroxyl groups is 1. The maximum absolute atomic E-state index is 11.9. The van der Waals surface area contributed by atoms with Crippen molar-refractivity contribution in [3.63, 3.8) is 0 Å². The van der Waals surface area contributed by atoms with Crippen LogP contribution in [0.2, 0.25) is 0 Å². The Hall–Kier alpha value is -1.81. The maximum Gasteiger partial charge on any atom is 0.255 e. The summed E-state index contributed by atoms with van der Waals surface area (Å²) in [5.74, 6) is -0.207. The Morgan fingerprint density at radius 2 is 1.83 bits per heavy atom. The number of nitrogens with one attached hydrogen (secondary N) is 1. The molecule has 92 valence electrons. The number of aryl methyl sites for hydroxylation is 1. The zero-order chi connectivity index (χ0) is 13.1. The molecule has 0 aliphatic carbocycles. The first kappa shape index (κ1) is 12.6. The predicted octanol–water partition coefficient (Wildman–Crippen LogP) is 3.72. The molecule has 3 nitrogen and oxygen atoms in total. The normalized spacial score (nSPS) is 10.1. The number of carbonyl (C=O) groups excluding carboxylic acids is 1. The number of anilines is 1. The molecule has 0 fully saturated rings. The summed E-state index contributed by atoms with van der Waals surface area (Å²) in [6.45, 7) is 1.87. The second kappa shape index (κ2) is 5.23. The van der Waals surface area contributed by atoms with E-state index in [1.807, 2.05) is 19.1 Å². The van der Waals surface area contributed by atoms with E-state index in [0.717, 1.165) is 5.56 Å². The van der Waals surface area contributed by atoms with Gasteiger partial charge in [0.25, 0.3) is 5.91 Å². The van der Waals surface area contributed by atoms with E-state index < -0.39 is 0 Å². The zero-order valence-electron chi connectivity index (χ0n) is 9.77. The molecular weight excluding hydrogens is 294 g/mol. The SMILES string of the molecule is Cc1ccc(NC(=O)c2ccccc2)c(O)c1Br. The first-order valence-corrected chi connectivity index (χ1v) is 6.23. The third kappa shape index (κ3) is 2.54. The first-order chi connectivity index (χ1) is 8.59. The number of rotatable bonds is 2. The number of carbonyl (C=O) groups is 1. The van der Waals surface area contributed by atoms with Crippen molar-refractivity contribution in [1.82, 2.24) is 0 Å². The summed E-state index contributed by atoms with van der Waals surface area (Å²) in [4.78, 5) is 11.9. The molecule has 0 aromatic heterocycles. The van der Waals surface area contributed by atoms with E-state index in [-0.39, 0.29) is 11.7 Å². The Kier molecular flexibility index (Phi) is 3.67. The molecule has 0 saturated carbocycles. The lowest BCUT2D eigenvalue weighted by Gasteiger charge is -2.10. The fourth-order valence-electron chi connectivity index (χ4n) is 1.55. The second-order valence-electron chi connectivity index (χ2n) is 3.91. The highest BCUT2D eigenvalue weighted by Crippen LogP contribution is 2.34. The van der Waals surface area contributed by atoms with Crippen LogP contribution in [-0.2, 0) is 0 Å². The van der Waals surface area contributed by atoms with Crippen LogP contribution < -0.4 is 5.32 Å². The van der Waals surface area contributed by atoms with Crippen molar-refractivity contribution in [2.75, 3.05) is 5.32 Å². The molecule has 2 aromatic carbocycles. The van der Waals surface area contributed by atoms with Crippen molar-refractivity contribution in [2.45, 2.75) is 6.92 Å². The molecule has 0 radical (unpaired) electrons. The molecule has 0 spiro atoms. The van der Waals surface area contributed by atoms with Crippen LogP contribution in [-0.4, -0.2) is 11.0 Å². The number of phenolic OH excluding ortho intramolecular Hbond substituents is 1. The Morgan fingerprint density at radius 3 is 2.50 bits per heavy atom. The summed E-state index contributed by atoms with van der Waals surface area (Å²) in [7, 11) is 0. The van der Waals surface area contributed by atoms with Crippen LogP contribution in [0, 0.1) is 6.92 Å². The van der Waals surface area contributed by atoms with Crippen LogP contribution in [0.25, 0.3) is 0 Å². The lowest BCUT2D eigenvalue weighted by molar-refractivity contribution is 0.102. The van der Waals surface area contributed by atoms with E-state index in [2.05, 4.69) is 21.2 Å². The summed E-state index contributed by atoms with van der Waals surface area (Å²) in [5.41, 5.74) is 1.85. The molecule has 1 amide bonds. The Labute approximate surface area is 114 Å². The number of hydrogen-bond donors (Lipinski definition) is 2. The molecule has 4 heteroatoms. The Balaban J connectivity index is 2.26. The number of phenols is 1. The van der Waals surface area contributed by atoms with Gasteiger partial charge >= 0.3 is 0 Å². The van der Waals surface area contributed by atoms with Gasteiger partial charge < -0.3 is 10.4 Å². The van der Waals surface area contributed by atoms with Gasteiger partial charge in [0.2, 0.25) is 0 Å². The summed E-state index contributed by atoms with van der Waals surface area (Å²) in [6.07, 6.45) is 0. The number of hydrogen-bond acceptors (Lipinski definition) is 2. The lowest BCUT2D eigenvalue weighted by atomic mass is 10.2. The molecule has 2 N–H and O–H groups in total. The van der Waals surface area contributed by atoms with Crippen LogP contribution in [0.5, 0.6) is 5.75 Å². The van der Waals surface area contributed by atoms with Gasteiger partial charge in [-0.3, -0.25) is 4.79 Å². The van der Waals surface area contributed by atoms with Gasteiger partial charge in [-0.1, -0.05) is 24.3 Å². The monoisotopic (exact) mass is 305 g/mol. The van der Waals surface area contributed by atoms with Crippen molar-refractivity contribution < 1.29 is 9.90 Å². The largest absolute Gasteiger partial charge is 0.505 e. The van der Waals surface area contributed by atoms with Crippen molar-refractivity contribution >= 4 is 27.5 Å². The molecular formula is C14H12BrNO2. The van der Waals surface area contributed by atoms with E-state index in [9.17, 15) is 9.90 Å². The maximum atomic E-state index is 11.9. The van der Waals surface area contributed by atoms with E-state index in [1.54, 1.807) is 30.3 Å². The van der Waals surface area contributed by atoms with Crippen LogP contribution in [0.3, 0.4) is 0 Å². The Morgan fingerprint density at radius 1 is 1.17 bits per heavy atom. The molecule has 2 rings (SSSR count). The summed E-state index contributed by atoms with van der Waals surface area (Å²) >= 11 is 3.27. The van der Waals surface area contributed by atoms with Gasteiger partial charge in [0.1, 0.15) is 0 Å². The fourth-order valence-corrected chi connectivity index (χ4v) is 1.90. The van der Waals surface area contributed by atoms with E-state index in [0.29, 0.717) is 15.7 Å². The minimum Gasteiger partial charge on any atom is -0.505 e. The first-order valence-electron chi connectivity index (χ1n) is 5.44. The van der Waals surface area contributed by atoms with Gasteiger partial charge in [0.15, 0.2) is 5.75 Å². The minimum atomic E-state index is -0.248. The Bertz CT molecular complexity index is 582. The molecule has 2 aromatic rings. The lowest BCUT2D eigenvalue weighted by Crippen LogP contribution is -2.11. The third-order valence-corrected chi connectivity index (χ3v) is 3.59. The number of amides is 1. The summed E-state index contributed by atoms with van der Waals surface area (Å²) < 4.78 is 0.591. The van der Waals surface area contributed by atoms with Crippen molar-refractivity contribution in [3.8, 4) is 5.75 Å². The number of benzene rings is 2. The summed E-state index contributed by atoms with van der Waals surface area (Å²) in [6, 6.07) is 12.4.